The Morgan fingerprint density at radius 3 is 2.61 bits per heavy atom. The number of likely N-dealkylation sites (N-methyl/N-ethyl adjacent to an activating group) is 1. The van der Waals surface area contributed by atoms with Gasteiger partial charge in [-0.2, -0.15) is 0 Å². The second-order valence-electron chi connectivity index (χ2n) is 4.27. The zero-order valence-corrected chi connectivity index (χ0v) is 13.0. The first kappa shape index (κ1) is 15.5. The number of hydrogen-bond donors (Lipinski definition) is 1. The first-order valence-electron chi connectivity index (χ1n) is 6.47. The summed E-state index contributed by atoms with van der Waals surface area (Å²) in [5.41, 5.74) is 8.25. The Labute approximate surface area is 118 Å². The molecule has 102 valence electrons. The third-order valence-electron chi connectivity index (χ3n) is 2.93. The number of rotatable bonds is 7. The van der Waals surface area contributed by atoms with E-state index in [0.717, 1.165) is 36.3 Å². The number of benzene rings is 1. The van der Waals surface area contributed by atoms with E-state index in [4.69, 9.17) is 10.5 Å². The van der Waals surface area contributed by atoms with Crippen molar-refractivity contribution in [1.82, 2.24) is 0 Å². The second kappa shape index (κ2) is 7.77. The van der Waals surface area contributed by atoms with Crippen molar-refractivity contribution >= 4 is 21.6 Å². The van der Waals surface area contributed by atoms with Gasteiger partial charge in [0.25, 0.3) is 0 Å². The highest BCUT2D eigenvalue weighted by Crippen LogP contribution is 2.27. The monoisotopic (exact) mass is 314 g/mol. The molecule has 0 heterocycles. The molecule has 0 aliphatic heterocycles. The van der Waals surface area contributed by atoms with Crippen LogP contribution in [0.4, 0.5) is 5.69 Å². The predicted octanol–water partition coefficient (Wildman–Crippen LogP) is 3.33. The van der Waals surface area contributed by atoms with Crippen LogP contribution in [0, 0.1) is 0 Å². The van der Waals surface area contributed by atoms with Crippen LogP contribution < -0.4 is 10.6 Å². The molecule has 4 heteroatoms. The molecule has 0 radical (unpaired) electrons. The number of hydrogen-bond acceptors (Lipinski definition) is 3. The highest BCUT2D eigenvalue weighted by Gasteiger charge is 2.09. The largest absolute Gasteiger partial charge is 0.380 e. The van der Waals surface area contributed by atoms with Gasteiger partial charge in [-0.1, -0.05) is 22.0 Å². The van der Waals surface area contributed by atoms with Crippen LogP contribution in [0.25, 0.3) is 0 Å². The lowest BCUT2D eigenvalue weighted by Gasteiger charge is -2.24. The van der Waals surface area contributed by atoms with Crippen LogP contribution in [-0.2, 0) is 4.74 Å². The average molecular weight is 315 g/mol. The molecule has 1 rings (SSSR count). The fraction of sp³-hybridized carbons (Fsp3) is 0.571. The molecule has 0 fully saturated rings. The minimum Gasteiger partial charge on any atom is -0.380 e. The standard InChI is InChI=1S/C14H23BrN2O/c1-4-17(8-9-18-5-2)12-6-7-13(11(3)16)14(15)10-12/h6-7,10-11H,4-5,8-9,16H2,1-3H3/t11-/m1/s1. The molecule has 0 saturated carbocycles. The van der Waals surface area contributed by atoms with Crippen molar-refractivity contribution in [2.75, 3.05) is 31.2 Å². The van der Waals surface area contributed by atoms with Crippen molar-refractivity contribution in [3.63, 3.8) is 0 Å². The molecule has 1 atom stereocenters. The van der Waals surface area contributed by atoms with Gasteiger partial charge < -0.3 is 15.4 Å². The van der Waals surface area contributed by atoms with E-state index in [-0.39, 0.29) is 6.04 Å². The Bertz CT molecular complexity index is 369. The number of ether oxygens (including phenoxy) is 1. The average Bonchev–Trinajstić information content (AvgIpc) is 2.34. The summed E-state index contributed by atoms with van der Waals surface area (Å²) in [7, 11) is 0. The van der Waals surface area contributed by atoms with Crippen LogP contribution in [0.5, 0.6) is 0 Å². The fourth-order valence-electron chi connectivity index (χ4n) is 1.87. The molecule has 0 bridgehead atoms. The van der Waals surface area contributed by atoms with Crippen LogP contribution in [0.1, 0.15) is 32.4 Å². The molecule has 2 N–H and O–H groups in total. The molecule has 1 aromatic rings. The summed E-state index contributed by atoms with van der Waals surface area (Å²) >= 11 is 3.59. The van der Waals surface area contributed by atoms with E-state index in [9.17, 15) is 0 Å². The molecular formula is C14H23BrN2O. The van der Waals surface area contributed by atoms with Gasteiger partial charge in [-0.05, 0) is 38.5 Å². The van der Waals surface area contributed by atoms with E-state index in [1.54, 1.807) is 0 Å². The Morgan fingerprint density at radius 2 is 2.11 bits per heavy atom. The molecule has 0 unspecified atom stereocenters. The van der Waals surface area contributed by atoms with Gasteiger partial charge in [-0.25, -0.2) is 0 Å². The smallest absolute Gasteiger partial charge is 0.0641 e. The maximum absolute atomic E-state index is 5.91. The SMILES string of the molecule is CCOCCN(CC)c1ccc([C@@H](C)N)c(Br)c1. The van der Waals surface area contributed by atoms with Gasteiger partial charge in [-0.15, -0.1) is 0 Å². The van der Waals surface area contributed by atoms with Crippen molar-refractivity contribution in [2.24, 2.45) is 5.73 Å². The van der Waals surface area contributed by atoms with Crippen molar-refractivity contribution in [3.8, 4) is 0 Å². The summed E-state index contributed by atoms with van der Waals surface area (Å²) in [6, 6.07) is 6.40. The Morgan fingerprint density at radius 1 is 1.39 bits per heavy atom. The van der Waals surface area contributed by atoms with Crippen molar-refractivity contribution in [1.29, 1.82) is 0 Å². The molecule has 3 nitrogen and oxygen atoms in total. The first-order chi connectivity index (χ1) is 8.60. The molecule has 18 heavy (non-hydrogen) atoms. The van der Waals surface area contributed by atoms with E-state index in [2.05, 4.69) is 46.0 Å². The summed E-state index contributed by atoms with van der Waals surface area (Å²) in [6.07, 6.45) is 0. The molecule has 1 aromatic carbocycles. The summed E-state index contributed by atoms with van der Waals surface area (Å²) in [5.74, 6) is 0. The number of nitrogens with zero attached hydrogens (tertiary/aromatic N) is 1. The molecule has 0 saturated heterocycles. The summed E-state index contributed by atoms with van der Waals surface area (Å²) < 4.78 is 6.48. The van der Waals surface area contributed by atoms with Crippen molar-refractivity contribution < 1.29 is 4.74 Å². The van der Waals surface area contributed by atoms with Crippen LogP contribution in [0.3, 0.4) is 0 Å². The van der Waals surface area contributed by atoms with E-state index in [0.29, 0.717) is 0 Å². The molecule has 0 aliphatic rings. The third kappa shape index (κ3) is 4.26. The van der Waals surface area contributed by atoms with E-state index in [1.165, 1.54) is 5.69 Å². The summed E-state index contributed by atoms with van der Waals surface area (Å²) in [6.45, 7) is 9.57. The molecule has 0 aromatic heterocycles. The number of nitrogens with two attached hydrogens (primary N) is 1. The highest BCUT2D eigenvalue weighted by molar-refractivity contribution is 9.10. The van der Waals surface area contributed by atoms with Crippen LogP contribution in [0.15, 0.2) is 22.7 Å². The third-order valence-corrected chi connectivity index (χ3v) is 3.62. The van der Waals surface area contributed by atoms with Gasteiger partial charge in [0.1, 0.15) is 0 Å². The molecular weight excluding hydrogens is 292 g/mol. The van der Waals surface area contributed by atoms with Gasteiger partial charge in [0.2, 0.25) is 0 Å². The minimum absolute atomic E-state index is 0.0481. The molecule has 0 aliphatic carbocycles. The second-order valence-corrected chi connectivity index (χ2v) is 5.13. The quantitative estimate of drug-likeness (QED) is 0.784. The lowest BCUT2D eigenvalue weighted by Crippen LogP contribution is -2.27. The van der Waals surface area contributed by atoms with Crippen molar-refractivity contribution in [3.05, 3.63) is 28.2 Å². The number of halogens is 1. The Kier molecular flexibility index (Phi) is 6.68. The minimum atomic E-state index is 0.0481. The van der Waals surface area contributed by atoms with Crippen molar-refractivity contribution in [2.45, 2.75) is 26.8 Å². The number of anilines is 1. The van der Waals surface area contributed by atoms with Gasteiger partial charge in [-0.3, -0.25) is 0 Å². The summed E-state index contributed by atoms with van der Waals surface area (Å²) in [4.78, 5) is 2.30. The van der Waals surface area contributed by atoms with E-state index < -0.39 is 0 Å². The van der Waals surface area contributed by atoms with E-state index >= 15 is 0 Å². The predicted molar refractivity (Wildman–Crippen MR) is 81.1 cm³/mol. The zero-order valence-electron chi connectivity index (χ0n) is 11.4. The van der Waals surface area contributed by atoms with Gasteiger partial charge >= 0.3 is 0 Å². The Hall–Kier alpha value is -0.580. The maximum atomic E-state index is 5.91. The van der Waals surface area contributed by atoms with Gasteiger partial charge in [0.05, 0.1) is 6.61 Å². The fourth-order valence-corrected chi connectivity index (χ4v) is 2.60. The summed E-state index contributed by atoms with van der Waals surface area (Å²) in [5, 5.41) is 0. The van der Waals surface area contributed by atoms with Gasteiger partial charge in [0.15, 0.2) is 0 Å². The highest BCUT2D eigenvalue weighted by atomic mass is 79.9. The van der Waals surface area contributed by atoms with Gasteiger partial charge in [0, 0.05) is 35.9 Å². The maximum Gasteiger partial charge on any atom is 0.0641 e. The van der Waals surface area contributed by atoms with Crippen LogP contribution in [0.2, 0.25) is 0 Å². The topological polar surface area (TPSA) is 38.5 Å². The van der Waals surface area contributed by atoms with E-state index in [1.807, 2.05) is 13.8 Å². The Balaban J connectivity index is 2.77. The zero-order chi connectivity index (χ0) is 13.5. The lowest BCUT2D eigenvalue weighted by molar-refractivity contribution is 0.154. The lowest BCUT2D eigenvalue weighted by atomic mass is 10.1. The molecule has 0 amide bonds. The van der Waals surface area contributed by atoms with Crippen LogP contribution >= 0.6 is 15.9 Å². The molecule has 0 spiro atoms. The normalized spacial score (nSPS) is 12.5. The van der Waals surface area contributed by atoms with Crippen LogP contribution in [-0.4, -0.2) is 26.3 Å². The first-order valence-corrected chi connectivity index (χ1v) is 7.27.